The highest BCUT2D eigenvalue weighted by Crippen LogP contribution is 2.31. The van der Waals surface area contributed by atoms with Crippen LogP contribution in [0, 0.1) is 6.92 Å². The van der Waals surface area contributed by atoms with Gasteiger partial charge in [0.1, 0.15) is 11.3 Å². The Morgan fingerprint density at radius 3 is 2.68 bits per heavy atom. The van der Waals surface area contributed by atoms with E-state index < -0.39 is 5.97 Å². The molecule has 0 aliphatic carbocycles. The summed E-state index contributed by atoms with van der Waals surface area (Å²) in [5, 5.41) is 2.57. The summed E-state index contributed by atoms with van der Waals surface area (Å²) in [6.45, 7) is 4.69. The van der Waals surface area contributed by atoms with E-state index in [9.17, 15) is 14.4 Å². The standard InChI is InChI=1S/C19H18N2O5S2/c1-4-25-18(24)16-15(10(2)22)11(3)26-17(16)21-14(23)9-27-19-20-12-7-5-6-8-13(12)28-19/h5-8H,4,9H2,1-3H3,(H,21,23). The van der Waals surface area contributed by atoms with Gasteiger partial charge in [0, 0.05) is 0 Å². The number of ketones is 1. The molecule has 1 N–H and O–H groups in total. The minimum Gasteiger partial charge on any atom is -0.462 e. The van der Waals surface area contributed by atoms with Gasteiger partial charge in [-0.2, -0.15) is 0 Å². The zero-order chi connectivity index (χ0) is 20.3. The van der Waals surface area contributed by atoms with Gasteiger partial charge in [0.05, 0.1) is 28.1 Å². The number of carbonyl (C=O) groups is 3. The second-order valence-corrected chi connectivity index (χ2v) is 8.05. The highest BCUT2D eigenvalue weighted by molar-refractivity contribution is 8.01. The Bertz CT molecular complexity index is 1020. The molecule has 0 unspecified atom stereocenters. The van der Waals surface area contributed by atoms with Gasteiger partial charge in [-0.25, -0.2) is 9.78 Å². The monoisotopic (exact) mass is 418 g/mol. The molecule has 0 spiro atoms. The van der Waals surface area contributed by atoms with Gasteiger partial charge in [-0.15, -0.1) is 11.3 Å². The summed E-state index contributed by atoms with van der Waals surface area (Å²) in [6, 6.07) is 7.73. The van der Waals surface area contributed by atoms with Crippen molar-refractivity contribution in [3.05, 3.63) is 41.2 Å². The second-order valence-electron chi connectivity index (χ2n) is 5.80. The van der Waals surface area contributed by atoms with E-state index in [1.165, 1.54) is 30.0 Å². The van der Waals surface area contributed by atoms with Crippen molar-refractivity contribution in [3.8, 4) is 0 Å². The quantitative estimate of drug-likeness (QED) is 0.347. The van der Waals surface area contributed by atoms with E-state index in [1.54, 1.807) is 13.8 Å². The van der Waals surface area contributed by atoms with E-state index in [0.717, 1.165) is 14.6 Å². The van der Waals surface area contributed by atoms with E-state index in [1.807, 2.05) is 24.3 Å². The number of furan rings is 1. The van der Waals surface area contributed by atoms with Gasteiger partial charge < -0.3 is 9.15 Å². The number of anilines is 1. The number of esters is 1. The van der Waals surface area contributed by atoms with Crippen LogP contribution in [0.1, 0.15) is 40.3 Å². The molecule has 1 aromatic carbocycles. The maximum Gasteiger partial charge on any atom is 0.344 e. The number of amides is 1. The minimum atomic E-state index is -0.710. The number of thioether (sulfide) groups is 1. The van der Waals surface area contributed by atoms with Crippen molar-refractivity contribution in [3.63, 3.8) is 0 Å². The molecule has 7 nitrogen and oxygen atoms in total. The van der Waals surface area contributed by atoms with Crippen LogP contribution in [0.2, 0.25) is 0 Å². The number of rotatable bonds is 7. The second kappa shape index (κ2) is 8.57. The maximum atomic E-state index is 12.4. The van der Waals surface area contributed by atoms with Gasteiger partial charge in [0.2, 0.25) is 11.8 Å². The third-order valence-electron chi connectivity index (χ3n) is 3.77. The van der Waals surface area contributed by atoms with E-state index in [-0.39, 0.29) is 46.8 Å². The molecule has 3 aromatic rings. The zero-order valence-electron chi connectivity index (χ0n) is 15.5. The lowest BCUT2D eigenvalue weighted by Crippen LogP contribution is -2.17. The molecule has 0 aliphatic rings. The molecule has 0 atom stereocenters. The highest BCUT2D eigenvalue weighted by atomic mass is 32.2. The Morgan fingerprint density at radius 1 is 1.25 bits per heavy atom. The number of hydrogen-bond acceptors (Lipinski definition) is 8. The number of benzene rings is 1. The van der Waals surface area contributed by atoms with Crippen LogP contribution in [0.5, 0.6) is 0 Å². The first kappa shape index (κ1) is 20.1. The third kappa shape index (κ3) is 4.26. The number of hydrogen-bond donors (Lipinski definition) is 1. The first-order valence-corrected chi connectivity index (χ1v) is 10.3. The van der Waals surface area contributed by atoms with Crippen LogP contribution in [0.15, 0.2) is 33.0 Å². The molecular weight excluding hydrogens is 400 g/mol. The molecule has 146 valence electrons. The molecule has 2 aromatic heterocycles. The maximum absolute atomic E-state index is 12.4. The van der Waals surface area contributed by atoms with Gasteiger partial charge in [0.25, 0.3) is 0 Å². The Kier molecular flexibility index (Phi) is 6.15. The number of nitrogens with zero attached hydrogens (tertiary/aromatic N) is 1. The Labute approximate surface area is 169 Å². The molecule has 0 saturated heterocycles. The summed E-state index contributed by atoms with van der Waals surface area (Å²) < 4.78 is 12.3. The topological polar surface area (TPSA) is 98.5 Å². The Hall–Kier alpha value is -2.65. The summed E-state index contributed by atoms with van der Waals surface area (Å²) in [7, 11) is 0. The molecule has 2 heterocycles. The number of Topliss-reactive ketones (excluding diaryl/α,β-unsaturated/α-hetero) is 1. The average Bonchev–Trinajstić information content (AvgIpc) is 3.20. The van der Waals surface area contributed by atoms with Crippen LogP contribution in [-0.4, -0.2) is 35.0 Å². The van der Waals surface area contributed by atoms with Crippen molar-refractivity contribution in [2.75, 3.05) is 17.7 Å². The van der Waals surface area contributed by atoms with Crippen LogP contribution in [0.3, 0.4) is 0 Å². The summed E-state index contributed by atoms with van der Waals surface area (Å²) in [5.74, 6) is -1.16. The molecule has 0 aliphatic heterocycles. The smallest absolute Gasteiger partial charge is 0.344 e. The number of nitrogens with one attached hydrogen (secondary N) is 1. The molecule has 0 bridgehead atoms. The van der Waals surface area contributed by atoms with E-state index >= 15 is 0 Å². The van der Waals surface area contributed by atoms with Crippen LogP contribution in [0.25, 0.3) is 10.2 Å². The van der Waals surface area contributed by atoms with E-state index in [2.05, 4.69) is 10.3 Å². The molecule has 9 heteroatoms. The lowest BCUT2D eigenvalue weighted by atomic mass is 10.1. The SMILES string of the molecule is CCOC(=O)c1c(NC(=O)CSc2nc3ccccc3s2)oc(C)c1C(C)=O. The first-order chi connectivity index (χ1) is 13.4. The van der Waals surface area contributed by atoms with Crippen LogP contribution in [-0.2, 0) is 9.53 Å². The van der Waals surface area contributed by atoms with Gasteiger partial charge in [-0.3, -0.25) is 14.9 Å². The summed E-state index contributed by atoms with van der Waals surface area (Å²) in [4.78, 5) is 41.0. The van der Waals surface area contributed by atoms with Gasteiger partial charge >= 0.3 is 5.97 Å². The van der Waals surface area contributed by atoms with Crippen molar-refractivity contribution < 1.29 is 23.5 Å². The predicted molar refractivity (Wildman–Crippen MR) is 108 cm³/mol. The molecular formula is C19H18N2O5S2. The highest BCUT2D eigenvalue weighted by Gasteiger charge is 2.28. The molecule has 0 fully saturated rings. The average molecular weight is 418 g/mol. The number of para-hydroxylation sites is 1. The molecule has 3 rings (SSSR count). The molecule has 0 radical (unpaired) electrons. The fourth-order valence-electron chi connectivity index (χ4n) is 2.66. The molecule has 1 amide bonds. The first-order valence-electron chi connectivity index (χ1n) is 8.50. The minimum absolute atomic E-state index is 0.0508. The van der Waals surface area contributed by atoms with Crippen molar-refractivity contribution >= 4 is 56.9 Å². The predicted octanol–water partition coefficient (Wildman–Crippen LogP) is 4.31. The Morgan fingerprint density at radius 2 is 2.00 bits per heavy atom. The fraction of sp³-hybridized carbons (Fsp3) is 0.263. The van der Waals surface area contributed by atoms with Gasteiger partial charge in [0.15, 0.2) is 10.1 Å². The van der Waals surface area contributed by atoms with Crippen molar-refractivity contribution in [2.24, 2.45) is 0 Å². The lowest BCUT2D eigenvalue weighted by Gasteiger charge is -2.05. The van der Waals surface area contributed by atoms with Crippen molar-refractivity contribution in [2.45, 2.75) is 25.1 Å². The van der Waals surface area contributed by atoms with Gasteiger partial charge in [-0.1, -0.05) is 23.9 Å². The van der Waals surface area contributed by atoms with E-state index in [4.69, 9.17) is 9.15 Å². The molecule has 0 saturated carbocycles. The number of ether oxygens (including phenoxy) is 1. The molecule has 28 heavy (non-hydrogen) atoms. The van der Waals surface area contributed by atoms with Crippen LogP contribution >= 0.6 is 23.1 Å². The number of thiazole rings is 1. The number of fused-ring (bicyclic) bond motifs is 1. The number of aryl methyl sites for hydroxylation is 1. The normalized spacial score (nSPS) is 10.8. The summed E-state index contributed by atoms with van der Waals surface area (Å²) in [6.07, 6.45) is 0. The third-order valence-corrected chi connectivity index (χ3v) is 5.95. The van der Waals surface area contributed by atoms with Crippen molar-refractivity contribution in [1.29, 1.82) is 0 Å². The summed E-state index contributed by atoms with van der Waals surface area (Å²) >= 11 is 2.79. The zero-order valence-corrected chi connectivity index (χ0v) is 17.2. The lowest BCUT2D eigenvalue weighted by molar-refractivity contribution is -0.113. The summed E-state index contributed by atoms with van der Waals surface area (Å²) in [5.41, 5.74) is 0.950. The Balaban J connectivity index is 1.75. The van der Waals surface area contributed by atoms with E-state index in [0.29, 0.717) is 0 Å². The number of carbonyl (C=O) groups excluding carboxylic acids is 3. The fourth-order valence-corrected chi connectivity index (χ4v) is 4.53. The van der Waals surface area contributed by atoms with Crippen LogP contribution in [0.4, 0.5) is 5.88 Å². The largest absolute Gasteiger partial charge is 0.462 e. The van der Waals surface area contributed by atoms with Gasteiger partial charge in [-0.05, 0) is 32.9 Å². The number of aromatic nitrogens is 1. The van der Waals surface area contributed by atoms with Crippen LogP contribution < -0.4 is 5.32 Å². The van der Waals surface area contributed by atoms with Crippen molar-refractivity contribution in [1.82, 2.24) is 4.98 Å².